The number of carbonyl (C=O) groups is 2. The third-order valence-corrected chi connectivity index (χ3v) is 6.67. The number of nitrogens with zero attached hydrogens (tertiary/aromatic N) is 1. The van der Waals surface area contributed by atoms with Gasteiger partial charge in [0.1, 0.15) is 12.2 Å². The topological polar surface area (TPSA) is 76.4 Å². The van der Waals surface area contributed by atoms with Crippen LogP contribution in [0.2, 0.25) is 0 Å². The first kappa shape index (κ1) is 24.2. The minimum absolute atomic E-state index is 0.217. The lowest BCUT2D eigenvalue weighted by atomic mass is 9.78. The molecule has 2 atom stereocenters. The van der Waals surface area contributed by atoms with E-state index in [9.17, 15) is 23.6 Å². The van der Waals surface area contributed by atoms with Crippen molar-refractivity contribution in [2.75, 3.05) is 0 Å². The summed E-state index contributed by atoms with van der Waals surface area (Å²) in [7, 11) is 0. The molecule has 0 amide bonds. The first-order valence-corrected chi connectivity index (χ1v) is 11.5. The first-order valence-electron chi connectivity index (χ1n) is 11.5. The second kappa shape index (κ2) is 10.9. The monoisotopic (exact) mass is 447 g/mol. The van der Waals surface area contributed by atoms with Gasteiger partial charge in [-0.15, -0.1) is 0 Å². The predicted octanol–water partition coefficient (Wildman–Crippen LogP) is 5.41. The summed E-state index contributed by atoms with van der Waals surface area (Å²) >= 11 is 0. The van der Waals surface area contributed by atoms with Crippen LogP contribution in [-0.4, -0.2) is 36.5 Å². The second-order valence-corrected chi connectivity index (χ2v) is 9.01. The summed E-state index contributed by atoms with van der Waals surface area (Å²) in [6.07, 6.45) is 2.21. The van der Waals surface area contributed by atoms with Gasteiger partial charge in [-0.2, -0.15) is 5.26 Å². The van der Waals surface area contributed by atoms with Gasteiger partial charge in [-0.05, 0) is 94.2 Å². The van der Waals surface area contributed by atoms with E-state index >= 15 is 0 Å². The van der Waals surface area contributed by atoms with Gasteiger partial charge in [-0.25, -0.2) is 18.4 Å². The molecule has 0 bridgehead atoms. The van der Waals surface area contributed by atoms with Crippen LogP contribution in [0.25, 0.3) is 0 Å². The Hall–Kier alpha value is -2.49. The highest BCUT2D eigenvalue weighted by Crippen LogP contribution is 2.39. The van der Waals surface area contributed by atoms with Gasteiger partial charge in [0.15, 0.2) is 12.3 Å². The highest BCUT2D eigenvalue weighted by atomic mass is 19.1. The third kappa shape index (κ3) is 6.05. The van der Waals surface area contributed by atoms with Gasteiger partial charge in [0.2, 0.25) is 0 Å². The molecular formula is C25H31F2NO4. The fraction of sp³-hybridized carbons (Fsp3) is 0.640. The summed E-state index contributed by atoms with van der Waals surface area (Å²) in [5, 5.41) is 9.74. The van der Waals surface area contributed by atoms with Crippen molar-refractivity contribution in [2.24, 2.45) is 0 Å². The number of benzene rings is 1. The fourth-order valence-electron chi connectivity index (χ4n) is 4.80. The molecule has 2 saturated carbocycles. The van der Waals surface area contributed by atoms with Crippen LogP contribution in [0.4, 0.5) is 8.78 Å². The minimum Gasteiger partial charge on any atom is -0.460 e. The molecule has 0 spiro atoms. The Kier molecular flexibility index (Phi) is 8.22. The van der Waals surface area contributed by atoms with E-state index in [1.807, 2.05) is 12.1 Å². The highest BCUT2D eigenvalue weighted by Gasteiger charge is 2.29. The molecule has 0 radical (unpaired) electrons. The van der Waals surface area contributed by atoms with E-state index in [-0.39, 0.29) is 24.0 Å². The van der Waals surface area contributed by atoms with E-state index in [1.54, 1.807) is 0 Å². The Morgan fingerprint density at radius 1 is 0.875 bits per heavy atom. The highest BCUT2D eigenvalue weighted by molar-refractivity contribution is 5.74. The molecule has 2 unspecified atom stereocenters. The summed E-state index contributed by atoms with van der Waals surface area (Å²) in [5.74, 6) is -1.10. The van der Waals surface area contributed by atoms with Crippen LogP contribution in [0.15, 0.2) is 18.2 Å². The van der Waals surface area contributed by atoms with E-state index in [2.05, 4.69) is 12.1 Å². The average molecular weight is 448 g/mol. The number of hydrogen-bond acceptors (Lipinski definition) is 5. The van der Waals surface area contributed by atoms with E-state index < -0.39 is 24.3 Å². The quantitative estimate of drug-likeness (QED) is 0.545. The van der Waals surface area contributed by atoms with Gasteiger partial charge in [0, 0.05) is 0 Å². The molecule has 0 saturated heterocycles. The number of carbonyl (C=O) groups excluding carboxylic acids is 2. The number of alkyl halides is 2. The molecule has 2 aliphatic carbocycles. The molecule has 0 heterocycles. The summed E-state index contributed by atoms with van der Waals surface area (Å²) in [6, 6.07) is 8.41. The Balaban J connectivity index is 1.57. The molecule has 0 aliphatic heterocycles. The lowest BCUT2D eigenvalue weighted by Crippen LogP contribution is -2.27. The Labute approximate surface area is 188 Å². The van der Waals surface area contributed by atoms with Gasteiger partial charge >= 0.3 is 11.9 Å². The van der Waals surface area contributed by atoms with Crippen molar-refractivity contribution in [3.8, 4) is 6.07 Å². The van der Waals surface area contributed by atoms with Gasteiger partial charge < -0.3 is 9.47 Å². The molecule has 2 fully saturated rings. The molecule has 32 heavy (non-hydrogen) atoms. The number of esters is 2. The maximum atomic E-state index is 13.0. The normalized spacial score (nSPS) is 27.6. The Morgan fingerprint density at radius 2 is 1.34 bits per heavy atom. The molecule has 2 aliphatic rings. The van der Waals surface area contributed by atoms with Crippen molar-refractivity contribution in [3.05, 3.63) is 34.9 Å². The number of halogens is 2. The predicted molar refractivity (Wildman–Crippen MR) is 114 cm³/mol. The van der Waals surface area contributed by atoms with Crippen molar-refractivity contribution >= 4 is 11.9 Å². The second-order valence-electron chi connectivity index (χ2n) is 9.01. The van der Waals surface area contributed by atoms with Gasteiger partial charge in [-0.3, -0.25) is 0 Å². The molecule has 1 aromatic rings. The van der Waals surface area contributed by atoms with Crippen molar-refractivity contribution in [1.82, 2.24) is 0 Å². The van der Waals surface area contributed by atoms with Crippen LogP contribution in [0.5, 0.6) is 0 Å². The lowest BCUT2D eigenvalue weighted by Gasteiger charge is -2.31. The summed E-state index contributed by atoms with van der Waals surface area (Å²) in [4.78, 5) is 22.9. The zero-order valence-electron chi connectivity index (χ0n) is 18.7. The summed E-state index contributed by atoms with van der Waals surface area (Å²) < 4.78 is 36.5. The number of ether oxygens (including phenoxy) is 2. The smallest absolute Gasteiger partial charge is 0.340 e. The SMILES string of the molecule is CC(F)C(=O)OC1CCC(c2ccc(C3CCC(OC(=O)C(C)F)CC3)c(C#N)c2)CC1. The van der Waals surface area contributed by atoms with Gasteiger partial charge in [0.05, 0.1) is 11.6 Å². The standard InChI is InChI=1S/C25H31F2NO4/c1-15(26)24(29)31-21-8-3-17(4-9-21)19-7-12-23(20(13-19)14-28)18-5-10-22(11-6-18)32-25(30)16(2)27/h7,12-13,15-18,21-22H,3-6,8-11H2,1-2H3. The third-order valence-electron chi connectivity index (χ3n) is 6.67. The molecule has 0 aromatic heterocycles. The largest absolute Gasteiger partial charge is 0.460 e. The molecule has 7 heteroatoms. The average Bonchev–Trinajstić information content (AvgIpc) is 2.79. The molecular weight excluding hydrogens is 416 g/mol. The van der Waals surface area contributed by atoms with E-state index in [1.165, 1.54) is 13.8 Å². The molecule has 5 nitrogen and oxygen atoms in total. The van der Waals surface area contributed by atoms with Crippen molar-refractivity contribution in [3.63, 3.8) is 0 Å². The first-order chi connectivity index (χ1) is 15.3. The molecule has 0 N–H and O–H groups in total. The summed E-state index contributed by atoms with van der Waals surface area (Å²) in [5.41, 5.74) is 2.79. The van der Waals surface area contributed by atoms with Crippen LogP contribution in [-0.2, 0) is 19.1 Å². The van der Waals surface area contributed by atoms with Crippen molar-refractivity contribution < 1.29 is 27.8 Å². The number of rotatable bonds is 6. The van der Waals surface area contributed by atoms with Gasteiger partial charge in [0.25, 0.3) is 0 Å². The molecule has 174 valence electrons. The fourth-order valence-corrected chi connectivity index (χ4v) is 4.80. The van der Waals surface area contributed by atoms with E-state index in [0.717, 1.165) is 36.8 Å². The Bertz CT molecular complexity index is 848. The Morgan fingerprint density at radius 3 is 1.78 bits per heavy atom. The number of nitriles is 1. The number of hydrogen-bond donors (Lipinski definition) is 0. The van der Waals surface area contributed by atoms with E-state index in [0.29, 0.717) is 31.2 Å². The maximum absolute atomic E-state index is 13.0. The zero-order valence-corrected chi connectivity index (χ0v) is 18.7. The van der Waals surface area contributed by atoms with Crippen LogP contribution >= 0.6 is 0 Å². The van der Waals surface area contributed by atoms with E-state index in [4.69, 9.17) is 9.47 Å². The molecule has 1 aromatic carbocycles. The van der Waals surface area contributed by atoms with Crippen LogP contribution in [0, 0.1) is 11.3 Å². The minimum atomic E-state index is -1.61. The van der Waals surface area contributed by atoms with Crippen molar-refractivity contribution in [2.45, 2.75) is 102 Å². The maximum Gasteiger partial charge on any atom is 0.340 e. The van der Waals surface area contributed by atoms with Crippen LogP contribution < -0.4 is 0 Å². The summed E-state index contributed by atoms with van der Waals surface area (Å²) in [6.45, 7) is 2.36. The van der Waals surface area contributed by atoms with Gasteiger partial charge in [-0.1, -0.05) is 12.1 Å². The van der Waals surface area contributed by atoms with Crippen LogP contribution in [0.1, 0.15) is 93.7 Å². The molecule has 3 rings (SSSR count). The van der Waals surface area contributed by atoms with Crippen molar-refractivity contribution in [1.29, 1.82) is 5.26 Å². The zero-order chi connectivity index (χ0) is 23.3. The lowest BCUT2D eigenvalue weighted by molar-refractivity contribution is -0.156. The van der Waals surface area contributed by atoms with Crippen LogP contribution in [0.3, 0.4) is 0 Å².